The van der Waals surface area contributed by atoms with Crippen molar-refractivity contribution >= 4 is 16.9 Å². The normalized spacial score (nSPS) is 10.8. The maximum atomic E-state index is 13.1. The Bertz CT molecular complexity index is 1470. The molecule has 1 N–H and O–H groups in total. The molecule has 1 aromatic heterocycles. The van der Waals surface area contributed by atoms with Crippen molar-refractivity contribution in [2.75, 3.05) is 14.2 Å². The van der Waals surface area contributed by atoms with Gasteiger partial charge in [-0.15, -0.1) is 0 Å². The van der Waals surface area contributed by atoms with Crippen molar-refractivity contribution in [3.05, 3.63) is 104 Å². The van der Waals surface area contributed by atoms with Crippen molar-refractivity contribution < 1.29 is 14.3 Å². The van der Waals surface area contributed by atoms with Gasteiger partial charge >= 0.3 is 11.1 Å². The Balaban J connectivity index is 1.51. The van der Waals surface area contributed by atoms with Crippen LogP contribution in [0.5, 0.6) is 11.5 Å². The van der Waals surface area contributed by atoms with E-state index in [4.69, 9.17) is 9.47 Å². The number of carbonyl (C=O) groups excluding carboxylic acids is 1. The molecule has 0 aliphatic carbocycles. The van der Waals surface area contributed by atoms with E-state index in [1.54, 1.807) is 44.2 Å². The van der Waals surface area contributed by atoms with Gasteiger partial charge in [0.2, 0.25) is 0 Å². The Morgan fingerprint density at radius 1 is 0.971 bits per heavy atom. The number of hydrogen-bond donors (Lipinski definition) is 1. The molecule has 4 aromatic rings. The summed E-state index contributed by atoms with van der Waals surface area (Å²) in [4.78, 5) is 41.3. The maximum absolute atomic E-state index is 13.1. The topological polar surface area (TPSA) is 93.6 Å². The van der Waals surface area contributed by atoms with Gasteiger partial charge in [0.25, 0.3) is 5.91 Å². The minimum atomic E-state index is -0.709. The SMILES string of the molecule is CCn1c(=O)c(=O)[nH]c2cc(C(=O)N(C)Cc3ccc(OCc4ccccc4)c(OC)c3)ccc21. The van der Waals surface area contributed by atoms with E-state index < -0.39 is 11.1 Å². The first-order chi connectivity index (χ1) is 16.9. The van der Waals surface area contributed by atoms with Gasteiger partial charge in [-0.25, -0.2) is 0 Å². The number of H-pyrrole nitrogens is 1. The van der Waals surface area contributed by atoms with Crippen molar-refractivity contribution in [3.63, 3.8) is 0 Å². The van der Waals surface area contributed by atoms with Crippen molar-refractivity contribution in [3.8, 4) is 11.5 Å². The number of nitrogens with one attached hydrogen (secondary N) is 1. The highest BCUT2D eigenvalue weighted by Gasteiger charge is 2.16. The monoisotopic (exact) mass is 473 g/mol. The summed E-state index contributed by atoms with van der Waals surface area (Å²) in [7, 11) is 3.28. The van der Waals surface area contributed by atoms with Gasteiger partial charge in [-0.2, -0.15) is 0 Å². The minimum Gasteiger partial charge on any atom is -0.493 e. The van der Waals surface area contributed by atoms with Gasteiger partial charge in [0.15, 0.2) is 11.5 Å². The highest BCUT2D eigenvalue weighted by atomic mass is 16.5. The lowest BCUT2D eigenvalue weighted by atomic mass is 10.1. The Labute approximate surface area is 202 Å². The number of carbonyl (C=O) groups is 1. The average Bonchev–Trinajstić information content (AvgIpc) is 2.88. The van der Waals surface area contributed by atoms with Crippen LogP contribution in [0.15, 0.2) is 76.3 Å². The minimum absolute atomic E-state index is 0.217. The zero-order valence-corrected chi connectivity index (χ0v) is 19.9. The first-order valence-corrected chi connectivity index (χ1v) is 11.3. The zero-order valence-electron chi connectivity index (χ0n) is 19.9. The predicted octanol–water partition coefficient (Wildman–Crippen LogP) is 3.57. The molecule has 0 aliphatic heterocycles. The number of nitrogens with zero attached hydrogens (tertiary/aromatic N) is 2. The van der Waals surface area contributed by atoms with Crippen molar-refractivity contribution in [2.24, 2.45) is 0 Å². The number of aryl methyl sites for hydroxylation is 1. The van der Waals surface area contributed by atoms with Gasteiger partial charge in [0, 0.05) is 25.7 Å². The Morgan fingerprint density at radius 2 is 1.74 bits per heavy atom. The fraction of sp³-hybridized carbons (Fsp3) is 0.222. The Hall–Kier alpha value is -4.33. The molecule has 1 amide bonds. The van der Waals surface area contributed by atoms with Crippen LogP contribution in [-0.2, 0) is 19.7 Å². The molecule has 0 bridgehead atoms. The van der Waals surface area contributed by atoms with Crippen LogP contribution in [0, 0.1) is 0 Å². The van der Waals surface area contributed by atoms with Crippen LogP contribution in [0.2, 0.25) is 0 Å². The Kier molecular flexibility index (Phi) is 7.01. The van der Waals surface area contributed by atoms with Gasteiger partial charge in [-0.3, -0.25) is 14.4 Å². The summed E-state index contributed by atoms with van der Waals surface area (Å²) < 4.78 is 12.8. The van der Waals surface area contributed by atoms with E-state index in [0.29, 0.717) is 47.8 Å². The highest BCUT2D eigenvalue weighted by Crippen LogP contribution is 2.29. The number of aromatic nitrogens is 2. The van der Waals surface area contributed by atoms with Gasteiger partial charge in [-0.1, -0.05) is 36.4 Å². The molecule has 35 heavy (non-hydrogen) atoms. The molecule has 8 nitrogen and oxygen atoms in total. The van der Waals surface area contributed by atoms with E-state index in [0.717, 1.165) is 11.1 Å². The number of benzene rings is 3. The third-order valence-corrected chi connectivity index (χ3v) is 5.77. The molecule has 4 rings (SSSR count). The second-order valence-electron chi connectivity index (χ2n) is 8.16. The second-order valence-corrected chi connectivity index (χ2v) is 8.16. The standard InChI is InChI=1S/C27H27N3O5/c1-4-30-22-12-11-20(15-21(22)28-25(31)27(30)33)26(32)29(2)16-19-10-13-23(24(14-19)34-3)35-17-18-8-6-5-7-9-18/h5-15H,4,16-17H2,1-3H3,(H,28,31). The second kappa shape index (κ2) is 10.3. The van der Waals surface area contributed by atoms with Crippen molar-refractivity contribution in [1.82, 2.24) is 14.5 Å². The highest BCUT2D eigenvalue weighted by molar-refractivity contribution is 5.97. The third kappa shape index (κ3) is 5.11. The summed E-state index contributed by atoms with van der Waals surface area (Å²) in [6, 6.07) is 20.4. The van der Waals surface area contributed by atoms with E-state index in [2.05, 4.69) is 4.98 Å². The van der Waals surface area contributed by atoms with Crippen LogP contribution >= 0.6 is 0 Å². The Morgan fingerprint density at radius 3 is 2.46 bits per heavy atom. The molecule has 3 aromatic carbocycles. The first kappa shape index (κ1) is 23.8. The average molecular weight is 474 g/mol. The van der Waals surface area contributed by atoms with Gasteiger partial charge in [-0.05, 0) is 48.4 Å². The summed E-state index contributed by atoms with van der Waals surface area (Å²) in [5.41, 5.74) is 2.03. The zero-order chi connectivity index (χ0) is 24.9. The summed E-state index contributed by atoms with van der Waals surface area (Å²) in [5, 5.41) is 0. The summed E-state index contributed by atoms with van der Waals surface area (Å²) in [5.74, 6) is 0.986. The third-order valence-electron chi connectivity index (χ3n) is 5.77. The van der Waals surface area contributed by atoms with Crippen LogP contribution < -0.4 is 20.6 Å². The molecule has 0 spiro atoms. The number of hydrogen-bond acceptors (Lipinski definition) is 5. The molecule has 0 unspecified atom stereocenters. The molecule has 180 valence electrons. The fourth-order valence-corrected chi connectivity index (χ4v) is 3.96. The summed E-state index contributed by atoms with van der Waals surface area (Å²) in [6.07, 6.45) is 0. The summed E-state index contributed by atoms with van der Waals surface area (Å²) >= 11 is 0. The lowest BCUT2D eigenvalue weighted by Gasteiger charge is -2.19. The van der Waals surface area contributed by atoms with Crippen molar-refractivity contribution in [2.45, 2.75) is 26.6 Å². The van der Waals surface area contributed by atoms with E-state index in [-0.39, 0.29) is 5.91 Å². The number of fused-ring (bicyclic) bond motifs is 1. The van der Waals surface area contributed by atoms with Crippen LogP contribution in [0.1, 0.15) is 28.4 Å². The number of amides is 1. The molecular formula is C27H27N3O5. The summed E-state index contributed by atoms with van der Waals surface area (Å²) in [6.45, 7) is 2.92. The molecule has 0 fully saturated rings. The molecule has 1 heterocycles. The molecule has 0 saturated carbocycles. The largest absolute Gasteiger partial charge is 0.493 e. The molecule has 0 atom stereocenters. The van der Waals surface area contributed by atoms with E-state index in [9.17, 15) is 14.4 Å². The molecular weight excluding hydrogens is 446 g/mol. The van der Waals surface area contributed by atoms with Crippen LogP contribution in [-0.4, -0.2) is 34.5 Å². The van der Waals surface area contributed by atoms with Gasteiger partial charge in [0.1, 0.15) is 6.61 Å². The van der Waals surface area contributed by atoms with E-state index in [1.165, 1.54) is 4.57 Å². The quantitative estimate of drug-likeness (QED) is 0.395. The van der Waals surface area contributed by atoms with E-state index >= 15 is 0 Å². The lowest BCUT2D eigenvalue weighted by molar-refractivity contribution is 0.0785. The first-order valence-electron chi connectivity index (χ1n) is 11.3. The smallest absolute Gasteiger partial charge is 0.316 e. The molecule has 0 saturated heterocycles. The predicted molar refractivity (Wildman–Crippen MR) is 134 cm³/mol. The number of ether oxygens (including phenoxy) is 2. The molecule has 8 heteroatoms. The van der Waals surface area contributed by atoms with Crippen molar-refractivity contribution in [1.29, 1.82) is 0 Å². The number of methoxy groups -OCH3 is 1. The van der Waals surface area contributed by atoms with Crippen LogP contribution in [0.4, 0.5) is 0 Å². The van der Waals surface area contributed by atoms with Gasteiger partial charge in [0.05, 0.1) is 18.1 Å². The number of aromatic amines is 1. The fourth-order valence-electron chi connectivity index (χ4n) is 3.96. The lowest BCUT2D eigenvalue weighted by Crippen LogP contribution is -2.36. The molecule has 0 aliphatic rings. The van der Waals surface area contributed by atoms with E-state index in [1.807, 2.05) is 48.5 Å². The van der Waals surface area contributed by atoms with Gasteiger partial charge < -0.3 is 23.9 Å². The van der Waals surface area contributed by atoms with Crippen LogP contribution in [0.3, 0.4) is 0 Å². The number of rotatable bonds is 8. The maximum Gasteiger partial charge on any atom is 0.316 e. The molecule has 0 radical (unpaired) electrons. The van der Waals surface area contributed by atoms with Crippen LogP contribution in [0.25, 0.3) is 11.0 Å².